The number of aryl methyl sites for hydroxylation is 7. The molecule has 1 aliphatic carbocycles. The number of carboxylic acids is 1. The molecule has 1 aliphatic heterocycles. The number of fused-ring (bicyclic) bond motifs is 8. The van der Waals surface area contributed by atoms with Gasteiger partial charge < -0.3 is 14.4 Å². The predicted octanol–water partition coefficient (Wildman–Crippen LogP) is 7.62. The molecule has 1 N–H and O–H groups in total. The highest BCUT2D eigenvalue weighted by atomic mass is 35.5. The van der Waals surface area contributed by atoms with Crippen LogP contribution < -0.4 is 4.74 Å². The molecule has 4 heterocycles. The third kappa shape index (κ3) is 5.51. The summed E-state index contributed by atoms with van der Waals surface area (Å²) < 4.78 is 12.4. The second-order valence-corrected chi connectivity index (χ2v) is 14.1. The molecule has 0 fully saturated rings. The maximum Gasteiger partial charge on any atom is 0.352 e. The predicted molar refractivity (Wildman–Crippen MR) is 184 cm³/mol. The average Bonchev–Trinajstić information content (AvgIpc) is 3.63. The van der Waals surface area contributed by atoms with Gasteiger partial charge in [0.05, 0.1) is 18.0 Å². The molecule has 8 nitrogen and oxygen atoms in total. The van der Waals surface area contributed by atoms with Crippen molar-refractivity contribution in [3.63, 3.8) is 0 Å². The summed E-state index contributed by atoms with van der Waals surface area (Å²) in [6.07, 6.45) is 7.02. The van der Waals surface area contributed by atoms with E-state index in [9.17, 15) is 9.90 Å². The van der Waals surface area contributed by atoms with E-state index in [1.54, 1.807) is 11.8 Å². The number of carboxylic acid groups (broad SMARTS) is 1. The first-order valence-electron chi connectivity index (χ1n) is 16.2. The molecule has 2 aliphatic rings. The van der Waals surface area contributed by atoms with Crippen LogP contribution in [0, 0.1) is 13.8 Å². The van der Waals surface area contributed by atoms with Crippen LogP contribution in [-0.4, -0.2) is 41.8 Å². The van der Waals surface area contributed by atoms with E-state index in [-0.39, 0.29) is 0 Å². The summed E-state index contributed by atoms with van der Waals surface area (Å²) in [6.45, 7) is 4.97. The van der Waals surface area contributed by atoms with E-state index in [1.165, 1.54) is 35.2 Å². The normalized spacial score (nSPS) is 15.7. The van der Waals surface area contributed by atoms with Crippen molar-refractivity contribution in [2.75, 3.05) is 6.61 Å². The van der Waals surface area contributed by atoms with Crippen molar-refractivity contribution in [3.8, 4) is 16.9 Å². The van der Waals surface area contributed by atoms with Crippen molar-refractivity contribution >= 4 is 40.2 Å². The molecule has 8 bridgehead atoms. The second-order valence-electron chi connectivity index (χ2n) is 12.7. The molecular weight excluding hydrogens is 618 g/mol. The van der Waals surface area contributed by atoms with E-state index < -0.39 is 5.97 Å². The maximum atomic E-state index is 12.7. The molecule has 0 unspecified atom stereocenters. The molecule has 240 valence electrons. The quantitative estimate of drug-likeness (QED) is 0.200. The van der Waals surface area contributed by atoms with E-state index in [0.29, 0.717) is 41.6 Å². The Kier molecular flexibility index (Phi) is 8.40. The SMILES string of the molecule is Cc1c(C(=O)O)n2c3ccc(Cl)c(c13)-c1c(nn(C)c1C)CSCc1cc(n(C)n1)CCc1cc3c(c(c1)OCCC2)CCCC3. The molecule has 0 spiro atoms. The Labute approximate surface area is 278 Å². The molecule has 10 heteroatoms. The van der Waals surface area contributed by atoms with E-state index in [2.05, 4.69) is 18.2 Å². The Hall–Kier alpha value is -3.69. The number of thioether (sulfide) groups is 1. The summed E-state index contributed by atoms with van der Waals surface area (Å²) >= 11 is 8.77. The Balaban J connectivity index is 1.34. The van der Waals surface area contributed by atoms with Crippen LogP contribution >= 0.6 is 23.4 Å². The fourth-order valence-electron chi connectivity index (χ4n) is 7.44. The number of halogens is 1. The van der Waals surface area contributed by atoms with Crippen molar-refractivity contribution in [2.24, 2.45) is 14.1 Å². The number of aromatic carboxylic acids is 1. The molecule has 0 atom stereocenters. The molecule has 7 rings (SSSR count). The number of carbonyl (C=O) groups is 1. The minimum absolute atomic E-state index is 0.295. The zero-order valence-electron chi connectivity index (χ0n) is 27.0. The van der Waals surface area contributed by atoms with E-state index in [1.807, 2.05) is 54.0 Å². The van der Waals surface area contributed by atoms with Gasteiger partial charge in [-0.2, -0.15) is 10.2 Å². The molecule has 5 aromatic rings. The Morgan fingerprint density at radius 2 is 1.78 bits per heavy atom. The van der Waals surface area contributed by atoms with Crippen molar-refractivity contribution < 1.29 is 14.6 Å². The number of rotatable bonds is 1. The number of aromatic nitrogens is 5. The van der Waals surface area contributed by atoms with Gasteiger partial charge in [-0.3, -0.25) is 9.36 Å². The van der Waals surface area contributed by atoms with Crippen LogP contribution in [0.3, 0.4) is 0 Å². The lowest BCUT2D eigenvalue weighted by molar-refractivity contribution is 0.0684. The first kappa shape index (κ1) is 30.9. The lowest BCUT2D eigenvalue weighted by atomic mass is 9.88. The van der Waals surface area contributed by atoms with E-state index >= 15 is 0 Å². The fraction of sp³-hybridized carbons (Fsp3) is 0.417. The highest BCUT2D eigenvalue weighted by Gasteiger charge is 2.27. The van der Waals surface area contributed by atoms with E-state index in [4.69, 9.17) is 26.5 Å². The Morgan fingerprint density at radius 1 is 0.957 bits per heavy atom. The molecule has 0 radical (unpaired) electrons. The topological polar surface area (TPSA) is 87.1 Å². The van der Waals surface area contributed by atoms with Crippen LogP contribution in [0.15, 0.2) is 30.3 Å². The smallest absolute Gasteiger partial charge is 0.352 e. The number of hydrogen-bond acceptors (Lipinski definition) is 5. The number of benzene rings is 2. The van der Waals surface area contributed by atoms with Crippen LogP contribution in [0.25, 0.3) is 22.0 Å². The van der Waals surface area contributed by atoms with Crippen LogP contribution in [0.1, 0.15) is 74.8 Å². The van der Waals surface area contributed by atoms with Gasteiger partial charge >= 0.3 is 5.97 Å². The first-order valence-corrected chi connectivity index (χ1v) is 17.7. The minimum Gasteiger partial charge on any atom is -0.493 e. The third-order valence-electron chi connectivity index (χ3n) is 9.74. The maximum absolute atomic E-state index is 12.7. The van der Waals surface area contributed by atoms with Crippen molar-refractivity contribution in [1.82, 2.24) is 24.1 Å². The summed E-state index contributed by atoms with van der Waals surface area (Å²) in [5, 5.41) is 21.6. The van der Waals surface area contributed by atoms with Gasteiger partial charge in [-0.15, -0.1) is 11.8 Å². The van der Waals surface area contributed by atoms with Gasteiger partial charge in [-0.05, 0) is 105 Å². The largest absolute Gasteiger partial charge is 0.493 e. The van der Waals surface area contributed by atoms with Gasteiger partial charge in [-0.25, -0.2) is 4.79 Å². The average molecular weight is 658 g/mol. The van der Waals surface area contributed by atoms with E-state index in [0.717, 1.165) is 76.3 Å². The van der Waals surface area contributed by atoms with Gasteiger partial charge in [0, 0.05) is 70.6 Å². The lowest BCUT2D eigenvalue weighted by Gasteiger charge is -2.21. The van der Waals surface area contributed by atoms with Gasteiger partial charge in [-0.1, -0.05) is 17.7 Å². The van der Waals surface area contributed by atoms with Crippen molar-refractivity contribution in [1.29, 1.82) is 0 Å². The van der Waals surface area contributed by atoms with Crippen LogP contribution in [0.5, 0.6) is 5.75 Å². The summed E-state index contributed by atoms with van der Waals surface area (Å²) in [5.74, 6) is 1.48. The molecule has 3 aromatic heterocycles. The van der Waals surface area contributed by atoms with Crippen LogP contribution in [0.4, 0.5) is 0 Å². The highest BCUT2D eigenvalue weighted by Crippen LogP contribution is 2.43. The molecule has 46 heavy (non-hydrogen) atoms. The third-order valence-corrected chi connectivity index (χ3v) is 11.0. The molecule has 0 saturated carbocycles. The second kappa shape index (κ2) is 12.5. The summed E-state index contributed by atoms with van der Waals surface area (Å²) in [5.41, 5.74) is 11.9. The van der Waals surface area contributed by atoms with Gasteiger partial charge in [0.1, 0.15) is 11.4 Å². The zero-order valence-corrected chi connectivity index (χ0v) is 28.5. The molecular formula is C36H40ClN5O3S. The van der Waals surface area contributed by atoms with Gasteiger partial charge in [0.2, 0.25) is 0 Å². The van der Waals surface area contributed by atoms with Crippen molar-refractivity contribution in [2.45, 2.75) is 76.8 Å². The molecule has 2 aromatic carbocycles. The lowest BCUT2D eigenvalue weighted by Crippen LogP contribution is -2.13. The van der Waals surface area contributed by atoms with Crippen molar-refractivity contribution in [3.05, 3.63) is 86.1 Å². The summed E-state index contributed by atoms with van der Waals surface area (Å²) in [6, 6.07) is 10.7. The number of hydrogen-bond donors (Lipinski definition) is 1. The Bertz CT molecular complexity index is 1990. The minimum atomic E-state index is -0.943. The fourth-order valence-corrected chi connectivity index (χ4v) is 8.54. The van der Waals surface area contributed by atoms with Gasteiger partial charge in [0.15, 0.2) is 0 Å². The molecule has 0 amide bonds. The monoisotopic (exact) mass is 657 g/mol. The van der Waals surface area contributed by atoms with Crippen LogP contribution in [-0.2, 0) is 57.8 Å². The standard InChI is InChI=1S/C36H40ClN5O3S/c1-21-32-30-13-12-28(37)34(32)33-22(2)40(3)39-29(33)20-46-19-25-18-26(41(4)38-25)11-10-23-16-24-8-5-6-9-27(24)31(17-23)45-15-7-14-42(30)35(21)36(43)44/h12-13,16-18H,5-11,14-15,19-20H2,1-4H3,(H,43,44). The summed E-state index contributed by atoms with van der Waals surface area (Å²) in [4.78, 5) is 12.7. The highest BCUT2D eigenvalue weighted by molar-refractivity contribution is 7.97. The number of nitrogens with zero attached hydrogens (tertiary/aromatic N) is 5. The molecule has 0 saturated heterocycles. The van der Waals surface area contributed by atoms with Crippen LogP contribution in [0.2, 0.25) is 5.02 Å². The van der Waals surface area contributed by atoms with Gasteiger partial charge in [0.25, 0.3) is 0 Å². The summed E-state index contributed by atoms with van der Waals surface area (Å²) in [7, 11) is 3.98. The number of ether oxygens (including phenoxy) is 1. The first-order chi connectivity index (χ1) is 22.2. The zero-order chi connectivity index (χ0) is 32.1. The Morgan fingerprint density at radius 3 is 2.61 bits per heavy atom.